The molecule has 0 saturated carbocycles. The quantitative estimate of drug-likeness (QED) is 0.833. The Morgan fingerprint density at radius 2 is 2.33 bits per heavy atom. The molecule has 0 aromatic carbocycles. The summed E-state index contributed by atoms with van der Waals surface area (Å²) in [6.45, 7) is 1.73. The van der Waals surface area contributed by atoms with Crippen molar-refractivity contribution in [1.82, 2.24) is 4.98 Å². The standard InChI is InChI=1S/C8H9BrN2O/c1-5(8(10)12)7-3-2-6(9)4-11-7/h2-5H,1H3,(H2,10,12). The Kier molecular flexibility index (Phi) is 2.81. The summed E-state index contributed by atoms with van der Waals surface area (Å²) in [6.07, 6.45) is 1.65. The molecule has 1 unspecified atom stereocenters. The molecular weight excluding hydrogens is 220 g/mol. The summed E-state index contributed by atoms with van der Waals surface area (Å²) in [7, 11) is 0. The summed E-state index contributed by atoms with van der Waals surface area (Å²) >= 11 is 3.25. The molecule has 1 aromatic rings. The van der Waals surface area contributed by atoms with Crippen LogP contribution < -0.4 is 5.73 Å². The first-order valence-electron chi connectivity index (χ1n) is 3.52. The molecule has 3 nitrogen and oxygen atoms in total. The summed E-state index contributed by atoms with van der Waals surface area (Å²) in [4.78, 5) is 14.8. The molecule has 1 heterocycles. The second-order valence-corrected chi connectivity index (χ2v) is 3.44. The van der Waals surface area contributed by atoms with E-state index in [-0.39, 0.29) is 11.8 Å². The molecule has 1 rings (SSSR count). The first-order valence-corrected chi connectivity index (χ1v) is 4.31. The van der Waals surface area contributed by atoms with E-state index in [0.717, 1.165) is 4.47 Å². The number of hydrogen-bond donors (Lipinski definition) is 1. The van der Waals surface area contributed by atoms with Crippen molar-refractivity contribution in [3.8, 4) is 0 Å². The lowest BCUT2D eigenvalue weighted by Crippen LogP contribution is -2.19. The summed E-state index contributed by atoms with van der Waals surface area (Å²) in [5, 5.41) is 0. The zero-order valence-electron chi connectivity index (χ0n) is 6.62. The Labute approximate surface area is 79.1 Å². The molecule has 4 heteroatoms. The van der Waals surface area contributed by atoms with Crippen molar-refractivity contribution in [1.29, 1.82) is 0 Å². The highest BCUT2D eigenvalue weighted by atomic mass is 79.9. The lowest BCUT2D eigenvalue weighted by Gasteiger charge is -2.05. The Hall–Kier alpha value is -0.900. The van der Waals surface area contributed by atoms with Crippen molar-refractivity contribution < 1.29 is 4.79 Å². The van der Waals surface area contributed by atoms with E-state index in [0.29, 0.717) is 5.69 Å². The van der Waals surface area contributed by atoms with E-state index in [9.17, 15) is 4.79 Å². The van der Waals surface area contributed by atoms with Crippen LogP contribution in [-0.4, -0.2) is 10.9 Å². The highest BCUT2D eigenvalue weighted by molar-refractivity contribution is 9.10. The topological polar surface area (TPSA) is 56.0 Å². The average Bonchev–Trinajstić information content (AvgIpc) is 2.04. The van der Waals surface area contributed by atoms with Crippen LogP contribution in [0.15, 0.2) is 22.8 Å². The monoisotopic (exact) mass is 228 g/mol. The maximum absolute atomic E-state index is 10.8. The van der Waals surface area contributed by atoms with Gasteiger partial charge in [0.1, 0.15) is 0 Å². The minimum absolute atomic E-state index is 0.321. The van der Waals surface area contributed by atoms with E-state index in [1.165, 1.54) is 0 Å². The van der Waals surface area contributed by atoms with Crippen molar-refractivity contribution in [3.63, 3.8) is 0 Å². The van der Waals surface area contributed by atoms with Crippen molar-refractivity contribution in [3.05, 3.63) is 28.5 Å². The number of pyridine rings is 1. The zero-order chi connectivity index (χ0) is 9.14. The van der Waals surface area contributed by atoms with E-state index in [1.807, 2.05) is 6.07 Å². The molecule has 2 N–H and O–H groups in total. The van der Waals surface area contributed by atoms with Crippen LogP contribution in [0.4, 0.5) is 0 Å². The molecule has 0 aliphatic rings. The fourth-order valence-electron chi connectivity index (χ4n) is 0.789. The van der Waals surface area contributed by atoms with Crippen LogP contribution in [0, 0.1) is 0 Å². The normalized spacial score (nSPS) is 12.5. The van der Waals surface area contributed by atoms with E-state index in [2.05, 4.69) is 20.9 Å². The van der Waals surface area contributed by atoms with Gasteiger partial charge in [-0.1, -0.05) is 0 Å². The number of amides is 1. The minimum Gasteiger partial charge on any atom is -0.369 e. The molecule has 1 atom stereocenters. The number of rotatable bonds is 2. The maximum Gasteiger partial charge on any atom is 0.226 e. The number of carbonyl (C=O) groups excluding carboxylic acids is 1. The molecule has 0 aliphatic carbocycles. The molecule has 0 aliphatic heterocycles. The van der Waals surface area contributed by atoms with Gasteiger partial charge in [0.25, 0.3) is 0 Å². The van der Waals surface area contributed by atoms with Crippen LogP contribution in [0.1, 0.15) is 18.5 Å². The fourth-order valence-corrected chi connectivity index (χ4v) is 1.02. The van der Waals surface area contributed by atoms with Gasteiger partial charge in [0.05, 0.1) is 11.6 Å². The molecule has 0 bridgehead atoms. The van der Waals surface area contributed by atoms with E-state index in [4.69, 9.17) is 5.73 Å². The number of nitrogens with zero attached hydrogens (tertiary/aromatic N) is 1. The third-order valence-corrected chi connectivity index (χ3v) is 2.09. The predicted octanol–water partition coefficient (Wildman–Crippen LogP) is 1.43. The number of aromatic nitrogens is 1. The van der Waals surface area contributed by atoms with Crippen LogP contribution >= 0.6 is 15.9 Å². The molecule has 1 amide bonds. The average molecular weight is 229 g/mol. The number of primary amides is 1. The largest absolute Gasteiger partial charge is 0.369 e. The van der Waals surface area contributed by atoms with Gasteiger partial charge in [-0.05, 0) is 35.0 Å². The maximum atomic E-state index is 10.8. The van der Waals surface area contributed by atoms with E-state index >= 15 is 0 Å². The number of hydrogen-bond acceptors (Lipinski definition) is 2. The van der Waals surface area contributed by atoms with Crippen LogP contribution in [0.5, 0.6) is 0 Å². The smallest absolute Gasteiger partial charge is 0.226 e. The summed E-state index contributed by atoms with van der Waals surface area (Å²) in [5.74, 6) is -0.678. The number of carbonyl (C=O) groups is 1. The van der Waals surface area contributed by atoms with Gasteiger partial charge in [0, 0.05) is 10.7 Å². The van der Waals surface area contributed by atoms with Gasteiger partial charge in [0.15, 0.2) is 0 Å². The summed E-state index contributed by atoms with van der Waals surface area (Å²) in [6, 6.07) is 3.61. The van der Waals surface area contributed by atoms with Gasteiger partial charge in [-0.15, -0.1) is 0 Å². The van der Waals surface area contributed by atoms with Crippen LogP contribution in [0.2, 0.25) is 0 Å². The Morgan fingerprint density at radius 3 is 2.75 bits per heavy atom. The van der Waals surface area contributed by atoms with Crippen molar-refractivity contribution in [2.75, 3.05) is 0 Å². The highest BCUT2D eigenvalue weighted by Crippen LogP contribution is 2.14. The lowest BCUT2D eigenvalue weighted by molar-refractivity contribution is -0.119. The SMILES string of the molecule is CC(C(N)=O)c1ccc(Br)cn1. The number of nitrogens with two attached hydrogens (primary N) is 1. The minimum atomic E-state index is -0.357. The fraction of sp³-hybridized carbons (Fsp3) is 0.250. The zero-order valence-corrected chi connectivity index (χ0v) is 8.21. The second-order valence-electron chi connectivity index (χ2n) is 2.53. The summed E-state index contributed by atoms with van der Waals surface area (Å²) < 4.78 is 0.892. The molecule has 64 valence electrons. The van der Waals surface area contributed by atoms with Gasteiger partial charge in [-0.25, -0.2) is 0 Å². The summed E-state index contributed by atoms with van der Waals surface area (Å²) in [5.41, 5.74) is 5.82. The van der Waals surface area contributed by atoms with Gasteiger partial charge in [0.2, 0.25) is 5.91 Å². The third-order valence-electron chi connectivity index (χ3n) is 1.62. The third kappa shape index (κ3) is 2.04. The molecule has 1 aromatic heterocycles. The number of halogens is 1. The molecule has 0 spiro atoms. The molecule has 0 radical (unpaired) electrons. The first kappa shape index (κ1) is 9.19. The highest BCUT2D eigenvalue weighted by Gasteiger charge is 2.11. The second kappa shape index (κ2) is 3.67. The molecule has 0 saturated heterocycles. The van der Waals surface area contributed by atoms with E-state index < -0.39 is 0 Å². The Balaban J connectivity index is 2.89. The molecular formula is C8H9BrN2O. The van der Waals surface area contributed by atoms with Crippen molar-refractivity contribution in [2.24, 2.45) is 5.73 Å². The Morgan fingerprint density at radius 1 is 1.67 bits per heavy atom. The van der Waals surface area contributed by atoms with Crippen molar-refractivity contribution >= 4 is 21.8 Å². The van der Waals surface area contributed by atoms with Crippen LogP contribution in [0.3, 0.4) is 0 Å². The molecule has 0 fully saturated rings. The van der Waals surface area contributed by atoms with Gasteiger partial charge in [-0.3, -0.25) is 9.78 Å². The molecule has 12 heavy (non-hydrogen) atoms. The first-order chi connectivity index (χ1) is 5.61. The van der Waals surface area contributed by atoms with Gasteiger partial charge in [-0.2, -0.15) is 0 Å². The van der Waals surface area contributed by atoms with Gasteiger partial charge < -0.3 is 5.73 Å². The van der Waals surface area contributed by atoms with E-state index in [1.54, 1.807) is 19.2 Å². The van der Waals surface area contributed by atoms with Crippen LogP contribution in [-0.2, 0) is 4.79 Å². The Bertz CT molecular complexity index is 284. The van der Waals surface area contributed by atoms with Crippen LogP contribution in [0.25, 0.3) is 0 Å². The van der Waals surface area contributed by atoms with Crippen molar-refractivity contribution in [2.45, 2.75) is 12.8 Å². The predicted molar refractivity (Wildman–Crippen MR) is 49.5 cm³/mol. The van der Waals surface area contributed by atoms with Gasteiger partial charge >= 0.3 is 0 Å². The lowest BCUT2D eigenvalue weighted by atomic mass is 10.1.